The lowest BCUT2D eigenvalue weighted by molar-refractivity contribution is -0.141. The molecule has 1 atom stereocenters. The van der Waals surface area contributed by atoms with E-state index in [9.17, 15) is 22.4 Å². The molecular weight excluding hydrogens is 469 g/mol. The van der Waals surface area contributed by atoms with Gasteiger partial charge in [-0.15, -0.1) is 0 Å². The van der Waals surface area contributed by atoms with Crippen LogP contribution in [0.15, 0.2) is 42.5 Å². The van der Waals surface area contributed by atoms with Gasteiger partial charge in [0.1, 0.15) is 11.9 Å². The summed E-state index contributed by atoms with van der Waals surface area (Å²) in [6, 6.07) is 10.7. The van der Waals surface area contributed by atoms with E-state index in [0.717, 1.165) is 17.4 Å². The second-order valence-corrected chi connectivity index (χ2v) is 10.7. The highest BCUT2D eigenvalue weighted by molar-refractivity contribution is 7.92. The molecular formula is C26H36FN3O4S. The first-order valence-electron chi connectivity index (χ1n) is 11.8. The topological polar surface area (TPSA) is 86.8 Å². The van der Waals surface area contributed by atoms with Gasteiger partial charge < -0.3 is 10.2 Å². The van der Waals surface area contributed by atoms with E-state index in [-0.39, 0.29) is 43.6 Å². The van der Waals surface area contributed by atoms with Crippen molar-refractivity contribution >= 4 is 27.5 Å². The zero-order chi connectivity index (χ0) is 26.2. The number of nitrogens with one attached hydrogen (secondary N) is 1. The molecule has 0 radical (unpaired) electrons. The molecule has 9 heteroatoms. The number of sulfonamides is 1. The van der Waals surface area contributed by atoms with Crippen molar-refractivity contribution in [3.63, 3.8) is 0 Å². The van der Waals surface area contributed by atoms with Crippen molar-refractivity contribution in [3.8, 4) is 0 Å². The van der Waals surface area contributed by atoms with Gasteiger partial charge in [-0.25, -0.2) is 12.8 Å². The summed E-state index contributed by atoms with van der Waals surface area (Å²) in [5.41, 5.74) is 3.16. The van der Waals surface area contributed by atoms with E-state index in [4.69, 9.17) is 0 Å². The predicted molar refractivity (Wildman–Crippen MR) is 137 cm³/mol. The summed E-state index contributed by atoms with van der Waals surface area (Å²) < 4.78 is 39.7. The van der Waals surface area contributed by atoms with Gasteiger partial charge in [-0.1, -0.05) is 25.1 Å². The molecule has 0 aromatic heterocycles. The van der Waals surface area contributed by atoms with Crippen LogP contribution in [-0.4, -0.2) is 50.5 Å². The first-order chi connectivity index (χ1) is 16.5. The van der Waals surface area contributed by atoms with E-state index in [1.54, 1.807) is 24.3 Å². The van der Waals surface area contributed by atoms with E-state index in [0.29, 0.717) is 24.2 Å². The van der Waals surface area contributed by atoms with Crippen LogP contribution in [0.1, 0.15) is 49.8 Å². The monoisotopic (exact) mass is 505 g/mol. The second-order valence-electron chi connectivity index (χ2n) is 8.75. The smallest absolute Gasteiger partial charge is 0.242 e. The molecule has 0 bridgehead atoms. The maximum absolute atomic E-state index is 13.4. The van der Waals surface area contributed by atoms with E-state index < -0.39 is 16.1 Å². The molecule has 35 heavy (non-hydrogen) atoms. The first-order valence-corrected chi connectivity index (χ1v) is 13.7. The summed E-state index contributed by atoms with van der Waals surface area (Å²) in [5.74, 6) is -0.894. The molecule has 0 spiro atoms. The van der Waals surface area contributed by atoms with E-state index in [1.807, 2.05) is 33.8 Å². The summed E-state index contributed by atoms with van der Waals surface area (Å²) in [5, 5.41) is 2.77. The summed E-state index contributed by atoms with van der Waals surface area (Å²) in [6.07, 6.45) is 1.91. The fourth-order valence-corrected chi connectivity index (χ4v) is 5.05. The quantitative estimate of drug-likeness (QED) is 0.474. The van der Waals surface area contributed by atoms with Gasteiger partial charge in [0, 0.05) is 26.1 Å². The fraction of sp³-hybridized carbons (Fsp3) is 0.462. The maximum Gasteiger partial charge on any atom is 0.242 e. The van der Waals surface area contributed by atoms with Crippen LogP contribution in [-0.2, 0) is 26.2 Å². The Hall–Kier alpha value is -2.94. The minimum atomic E-state index is -3.56. The van der Waals surface area contributed by atoms with Crippen molar-refractivity contribution in [1.82, 2.24) is 10.2 Å². The fourth-order valence-electron chi connectivity index (χ4n) is 4.10. The van der Waals surface area contributed by atoms with Gasteiger partial charge in [-0.2, -0.15) is 0 Å². The molecule has 2 amide bonds. The van der Waals surface area contributed by atoms with E-state index >= 15 is 0 Å². The number of benzene rings is 2. The number of nitrogens with zero attached hydrogens (tertiary/aromatic N) is 2. The number of hydrogen-bond acceptors (Lipinski definition) is 4. The van der Waals surface area contributed by atoms with Crippen molar-refractivity contribution < 1.29 is 22.4 Å². The number of carbonyl (C=O) groups excluding carboxylic acids is 2. The Labute approximate surface area is 208 Å². The largest absolute Gasteiger partial charge is 0.355 e. The molecule has 1 N–H and O–H groups in total. The van der Waals surface area contributed by atoms with Gasteiger partial charge >= 0.3 is 0 Å². The Morgan fingerprint density at radius 3 is 2.14 bits per heavy atom. The van der Waals surface area contributed by atoms with Gasteiger partial charge in [0.25, 0.3) is 0 Å². The van der Waals surface area contributed by atoms with Gasteiger partial charge in [0.15, 0.2) is 0 Å². The van der Waals surface area contributed by atoms with Crippen LogP contribution >= 0.6 is 0 Å². The summed E-state index contributed by atoms with van der Waals surface area (Å²) in [7, 11) is -3.56. The lowest BCUT2D eigenvalue weighted by atomic mass is 10.1. The molecule has 2 aromatic rings. The third-order valence-corrected chi connectivity index (χ3v) is 6.84. The molecule has 7 nitrogen and oxygen atoms in total. The van der Waals surface area contributed by atoms with Crippen molar-refractivity contribution in [2.75, 3.05) is 23.7 Å². The van der Waals surface area contributed by atoms with Crippen molar-refractivity contribution in [1.29, 1.82) is 0 Å². The maximum atomic E-state index is 13.4. The Balaban J connectivity index is 2.22. The van der Waals surface area contributed by atoms with Crippen LogP contribution in [0.5, 0.6) is 0 Å². The lowest BCUT2D eigenvalue weighted by Crippen LogP contribution is -2.49. The molecule has 2 aromatic carbocycles. The van der Waals surface area contributed by atoms with E-state index in [1.165, 1.54) is 21.3 Å². The molecule has 0 aliphatic carbocycles. The minimum Gasteiger partial charge on any atom is -0.355 e. The number of carbonyl (C=O) groups is 2. The standard InChI is InChI=1S/C26H36FN3O4S/c1-6-24(26(32)28-7-2)29(18-21-10-12-22(27)13-11-21)25(31)9-8-14-30(35(5,33)34)23-16-19(3)15-20(4)17-23/h10-13,15-17,24H,6-9,14,18H2,1-5H3,(H,28,32)/t24-/m1/s1. The highest BCUT2D eigenvalue weighted by Gasteiger charge is 2.28. The number of halogens is 1. The molecule has 0 heterocycles. The van der Waals surface area contributed by atoms with Gasteiger partial charge in [0.05, 0.1) is 11.9 Å². The van der Waals surface area contributed by atoms with Gasteiger partial charge in [-0.3, -0.25) is 13.9 Å². The predicted octanol–water partition coefficient (Wildman–Crippen LogP) is 3.93. The minimum absolute atomic E-state index is 0.0634. The van der Waals surface area contributed by atoms with Crippen LogP contribution in [0.25, 0.3) is 0 Å². The Morgan fingerprint density at radius 2 is 1.63 bits per heavy atom. The van der Waals surface area contributed by atoms with Crippen molar-refractivity contribution in [2.45, 2.75) is 59.5 Å². The van der Waals surface area contributed by atoms with Crippen LogP contribution in [0.2, 0.25) is 0 Å². The van der Waals surface area contributed by atoms with E-state index in [2.05, 4.69) is 5.32 Å². The third-order valence-electron chi connectivity index (χ3n) is 5.65. The summed E-state index contributed by atoms with van der Waals surface area (Å²) >= 11 is 0. The molecule has 2 rings (SSSR count). The van der Waals surface area contributed by atoms with Crippen LogP contribution < -0.4 is 9.62 Å². The highest BCUT2D eigenvalue weighted by atomic mass is 32.2. The zero-order valence-electron chi connectivity index (χ0n) is 21.2. The number of amides is 2. The molecule has 0 saturated heterocycles. The highest BCUT2D eigenvalue weighted by Crippen LogP contribution is 2.22. The van der Waals surface area contributed by atoms with Gasteiger partial charge in [-0.05, 0) is 74.6 Å². The lowest BCUT2D eigenvalue weighted by Gasteiger charge is -2.31. The number of anilines is 1. The number of rotatable bonds is 12. The molecule has 0 fully saturated rings. The number of likely N-dealkylation sites (N-methyl/N-ethyl adjacent to an activating group) is 1. The SMILES string of the molecule is CCNC(=O)[C@@H](CC)N(Cc1ccc(F)cc1)C(=O)CCCN(c1cc(C)cc(C)c1)S(C)(=O)=O. The second kappa shape index (κ2) is 12.7. The number of aryl methyl sites for hydroxylation is 2. The normalized spacial score (nSPS) is 12.2. The van der Waals surface area contributed by atoms with Crippen molar-refractivity contribution in [3.05, 3.63) is 65.0 Å². The Morgan fingerprint density at radius 1 is 1.03 bits per heavy atom. The van der Waals surface area contributed by atoms with Crippen LogP contribution in [0, 0.1) is 19.7 Å². The van der Waals surface area contributed by atoms with Crippen LogP contribution in [0.3, 0.4) is 0 Å². The number of hydrogen-bond donors (Lipinski definition) is 1. The molecule has 0 aliphatic rings. The zero-order valence-corrected chi connectivity index (χ0v) is 22.0. The molecule has 0 saturated carbocycles. The van der Waals surface area contributed by atoms with Gasteiger partial charge in [0.2, 0.25) is 21.8 Å². The average molecular weight is 506 g/mol. The Bertz CT molecular complexity index is 1100. The Kier molecular flexibility index (Phi) is 10.2. The molecule has 0 unspecified atom stereocenters. The molecule has 192 valence electrons. The average Bonchev–Trinajstić information content (AvgIpc) is 2.76. The van der Waals surface area contributed by atoms with Crippen LogP contribution in [0.4, 0.5) is 10.1 Å². The third kappa shape index (κ3) is 8.35. The first kappa shape index (κ1) is 28.3. The summed E-state index contributed by atoms with van der Waals surface area (Å²) in [6.45, 7) is 8.17. The van der Waals surface area contributed by atoms with Crippen molar-refractivity contribution in [2.24, 2.45) is 0 Å². The summed E-state index contributed by atoms with van der Waals surface area (Å²) in [4.78, 5) is 27.5. The molecule has 0 aliphatic heterocycles.